The molecule has 0 radical (unpaired) electrons. The number of ether oxygens (including phenoxy) is 1. The number of pyridine rings is 1. The van der Waals surface area contributed by atoms with E-state index in [1.54, 1.807) is 10.9 Å². The maximum Gasteiger partial charge on any atom is 0.244 e. The van der Waals surface area contributed by atoms with Gasteiger partial charge in [-0.15, -0.1) is 0 Å². The van der Waals surface area contributed by atoms with E-state index in [2.05, 4.69) is 14.8 Å². The van der Waals surface area contributed by atoms with E-state index in [1.165, 1.54) is 13.2 Å². The fraction of sp³-hybridized carbons (Fsp3) is 0.263. The highest BCUT2D eigenvalue weighted by Crippen LogP contribution is 2.24. The second kappa shape index (κ2) is 8.07. The molecule has 3 aromatic rings. The van der Waals surface area contributed by atoms with E-state index in [1.807, 2.05) is 32.0 Å². The van der Waals surface area contributed by atoms with E-state index in [9.17, 15) is 12.8 Å². The molecule has 1 aromatic carbocycles. The topological polar surface area (TPSA) is 86.1 Å². The first-order chi connectivity index (χ1) is 13.3. The summed E-state index contributed by atoms with van der Waals surface area (Å²) >= 11 is 0. The molecule has 0 fully saturated rings. The van der Waals surface area contributed by atoms with Crippen molar-refractivity contribution in [3.63, 3.8) is 0 Å². The third-order valence-corrected chi connectivity index (χ3v) is 5.87. The lowest BCUT2D eigenvalue weighted by atomic mass is 10.1. The molecule has 1 N–H and O–H groups in total. The third kappa shape index (κ3) is 4.05. The number of sulfonamides is 1. The Morgan fingerprint density at radius 1 is 1.21 bits per heavy atom. The van der Waals surface area contributed by atoms with E-state index in [-0.39, 0.29) is 17.2 Å². The molecular formula is C19H21FN4O3S. The zero-order valence-corrected chi connectivity index (χ0v) is 16.6. The van der Waals surface area contributed by atoms with Crippen molar-refractivity contribution in [2.24, 2.45) is 0 Å². The molecule has 0 aliphatic rings. The molecule has 28 heavy (non-hydrogen) atoms. The van der Waals surface area contributed by atoms with Crippen molar-refractivity contribution in [3.8, 4) is 11.6 Å². The van der Waals surface area contributed by atoms with Crippen LogP contribution in [0.5, 0.6) is 5.75 Å². The van der Waals surface area contributed by atoms with Crippen molar-refractivity contribution in [1.82, 2.24) is 19.5 Å². The van der Waals surface area contributed by atoms with Gasteiger partial charge in [0.15, 0.2) is 5.82 Å². The molecule has 0 amide bonds. The normalized spacial score (nSPS) is 11.6. The lowest BCUT2D eigenvalue weighted by Crippen LogP contribution is -2.26. The number of benzene rings is 1. The molecule has 9 heteroatoms. The van der Waals surface area contributed by atoms with Gasteiger partial charge in [-0.3, -0.25) is 0 Å². The summed E-state index contributed by atoms with van der Waals surface area (Å²) in [4.78, 5) is 4.06. The van der Waals surface area contributed by atoms with Gasteiger partial charge >= 0.3 is 0 Å². The highest BCUT2D eigenvalue weighted by molar-refractivity contribution is 7.89. The van der Waals surface area contributed by atoms with Gasteiger partial charge in [0.25, 0.3) is 0 Å². The van der Waals surface area contributed by atoms with Crippen LogP contribution in [0.1, 0.15) is 17.0 Å². The van der Waals surface area contributed by atoms with Gasteiger partial charge in [0, 0.05) is 18.4 Å². The molecule has 0 unspecified atom stereocenters. The minimum atomic E-state index is -3.92. The number of nitrogens with one attached hydrogen (secondary N) is 1. The molecule has 0 atom stereocenters. The van der Waals surface area contributed by atoms with E-state index >= 15 is 0 Å². The Hall–Kier alpha value is -2.78. The first kappa shape index (κ1) is 20.0. The van der Waals surface area contributed by atoms with E-state index < -0.39 is 15.8 Å². The Bertz CT molecular complexity index is 1080. The molecule has 3 rings (SSSR count). The molecule has 0 spiro atoms. The van der Waals surface area contributed by atoms with Gasteiger partial charge in [-0.05, 0) is 56.2 Å². The second-order valence-electron chi connectivity index (χ2n) is 6.19. The predicted octanol–water partition coefficient (Wildman–Crippen LogP) is 2.55. The molecule has 148 valence electrons. The Morgan fingerprint density at radius 2 is 2.00 bits per heavy atom. The number of hydrogen-bond donors (Lipinski definition) is 1. The zero-order chi connectivity index (χ0) is 20.3. The van der Waals surface area contributed by atoms with Gasteiger partial charge in [0.05, 0.1) is 12.8 Å². The number of hydrogen-bond acceptors (Lipinski definition) is 5. The monoisotopic (exact) mass is 404 g/mol. The third-order valence-electron chi connectivity index (χ3n) is 4.39. The minimum absolute atomic E-state index is 0.0873. The van der Waals surface area contributed by atoms with Gasteiger partial charge in [0.1, 0.15) is 16.5 Å². The van der Waals surface area contributed by atoms with Crippen LogP contribution in [0.3, 0.4) is 0 Å². The van der Waals surface area contributed by atoms with E-state index in [0.29, 0.717) is 12.2 Å². The van der Waals surface area contributed by atoms with Crippen LogP contribution >= 0.6 is 0 Å². The van der Waals surface area contributed by atoms with Crippen LogP contribution in [0, 0.1) is 19.7 Å². The Kier molecular flexibility index (Phi) is 5.76. The summed E-state index contributed by atoms with van der Waals surface area (Å²) in [5.74, 6) is 0.133. The number of methoxy groups -OCH3 is 1. The largest absolute Gasteiger partial charge is 0.495 e. The zero-order valence-electron chi connectivity index (χ0n) is 15.8. The highest BCUT2D eigenvalue weighted by atomic mass is 32.2. The van der Waals surface area contributed by atoms with Crippen LogP contribution in [0.2, 0.25) is 0 Å². The molecule has 0 aliphatic carbocycles. The average molecular weight is 404 g/mol. The summed E-state index contributed by atoms with van der Waals surface area (Å²) in [6.45, 7) is 3.91. The van der Waals surface area contributed by atoms with Crippen molar-refractivity contribution in [1.29, 1.82) is 0 Å². The van der Waals surface area contributed by atoms with Crippen molar-refractivity contribution >= 4 is 10.0 Å². The first-order valence-corrected chi connectivity index (χ1v) is 10.1. The van der Waals surface area contributed by atoms with E-state index in [4.69, 9.17) is 4.74 Å². The van der Waals surface area contributed by atoms with Crippen LogP contribution in [-0.4, -0.2) is 36.8 Å². The van der Waals surface area contributed by atoms with Gasteiger partial charge in [0.2, 0.25) is 10.0 Å². The molecule has 0 aliphatic heterocycles. The lowest BCUT2D eigenvalue weighted by molar-refractivity contribution is 0.400. The van der Waals surface area contributed by atoms with Gasteiger partial charge in [-0.1, -0.05) is 6.07 Å². The van der Waals surface area contributed by atoms with Crippen LogP contribution in [0.4, 0.5) is 4.39 Å². The fourth-order valence-corrected chi connectivity index (χ4v) is 4.20. The molecule has 0 saturated heterocycles. The quantitative estimate of drug-likeness (QED) is 0.654. The van der Waals surface area contributed by atoms with E-state index in [0.717, 1.165) is 29.1 Å². The number of aryl methyl sites for hydroxylation is 1. The standard InChI is InChI=1S/C19H21FN4O3S/c1-13-16(14(2)24(23-13)19-6-4-5-10-21-19)9-11-22-28(25,26)18-12-15(20)7-8-17(18)27-3/h4-8,10,12,22H,9,11H2,1-3H3. The summed E-state index contributed by atoms with van der Waals surface area (Å²) in [7, 11) is -2.58. The van der Waals surface area contributed by atoms with Crippen molar-refractivity contribution in [3.05, 3.63) is 65.4 Å². The Balaban J connectivity index is 1.77. The summed E-state index contributed by atoms with van der Waals surface area (Å²) in [6.07, 6.45) is 2.12. The van der Waals surface area contributed by atoms with Crippen molar-refractivity contribution in [2.75, 3.05) is 13.7 Å². The molecular weight excluding hydrogens is 383 g/mol. The highest BCUT2D eigenvalue weighted by Gasteiger charge is 2.21. The predicted molar refractivity (Wildman–Crippen MR) is 103 cm³/mol. The summed E-state index contributed by atoms with van der Waals surface area (Å²) in [5.41, 5.74) is 2.61. The number of rotatable bonds is 7. The smallest absolute Gasteiger partial charge is 0.244 e. The number of aromatic nitrogens is 3. The summed E-state index contributed by atoms with van der Waals surface area (Å²) < 4.78 is 47.9. The maximum atomic E-state index is 13.5. The van der Waals surface area contributed by atoms with Crippen LogP contribution in [-0.2, 0) is 16.4 Å². The molecule has 0 saturated carbocycles. The average Bonchev–Trinajstić information content (AvgIpc) is 2.97. The van der Waals surface area contributed by atoms with Gasteiger partial charge < -0.3 is 4.74 Å². The van der Waals surface area contributed by atoms with Gasteiger partial charge in [-0.25, -0.2) is 27.2 Å². The van der Waals surface area contributed by atoms with Crippen LogP contribution in [0.25, 0.3) is 5.82 Å². The maximum absolute atomic E-state index is 13.5. The molecule has 7 nitrogen and oxygen atoms in total. The van der Waals surface area contributed by atoms with Crippen molar-refractivity contribution < 1.29 is 17.5 Å². The molecule has 2 heterocycles. The molecule has 2 aromatic heterocycles. The minimum Gasteiger partial charge on any atom is -0.495 e. The summed E-state index contributed by atoms with van der Waals surface area (Å²) in [6, 6.07) is 8.93. The van der Waals surface area contributed by atoms with Crippen LogP contribution in [0.15, 0.2) is 47.5 Å². The number of nitrogens with zero attached hydrogens (tertiary/aromatic N) is 3. The SMILES string of the molecule is COc1ccc(F)cc1S(=O)(=O)NCCc1c(C)nn(-c2ccccn2)c1C. The fourth-order valence-electron chi connectivity index (χ4n) is 2.99. The lowest BCUT2D eigenvalue weighted by Gasteiger charge is -2.11. The first-order valence-electron chi connectivity index (χ1n) is 8.63. The second-order valence-corrected chi connectivity index (χ2v) is 7.93. The summed E-state index contributed by atoms with van der Waals surface area (Å²) in [5, 5.41) is 4.50. The Labute approximate surface area is 163 Å². The van der Waals surface area contributed by atoms with Gasteiger partial charge in [-0.2, -0.15) is 5.10 Å². The molecule has 0 bridgehead atoms. The number of halogens is 1. The van der Waals surface area contributed by atoms with Crippen molar-refractivity contribution in [2.45, 2.75) is 25.2 Å². The van der Waals surface area contributed by atoms with Crippen LogP contribution < -0.4 is 9.46 Å². The Morgan fingerprint density at radius 3 is 2.68 bits per heavy atom.